The molecule has 0 radical (unpaired) electrons. The third-order valence-corrected chi connectivity index (χ3v) is 3.32. The average molecular weight is 296 g/mol. The maximum Gasteiger partial charge on any atom is 0.397 e. The van der Waals surface area contributed by atoms with Crippen LogP contribution in [0.3, 0.4) is 0 Å². The van der Waals surface area contributed by atoms with E-state index in [4.69, 9.17) is 9.29 Å². The standard InChI is InChI=1S/C13H28O5S/c1-2-3-4-5-6-7-8-9-10-11-17-12-13-18-19(14,15)16/h2-13H2,1H3,(H,14,15,16). The summed E-state index contributed by atoms with van der Waals surface area (Å²) in [4.78, 5) is 0. The second-order valence-corrected chi connectivity index (χ2v) is 5.78. The molecule has 0 saturated carbocycles. The summed E-state index contributed by atoms with van der Waals surface area (Å²) < 4.78 is 38.0. The largest absolute Gasteiger partial charge is 0.397 e. The average Bonchev–Trinajstić information content (AvgIpc) is 2.34. The molecule has 5 nitrogen and oxygen atoms in total. The van der Waals surface area contributed by atoms with Crippen molar-refractivity contribution in [2.24, 2.45) is 0 Å². The van der Waals surface area contributed by atoms with Crippen LogP contribution in [0.5, 0.6) is 0 Å². The van der Waals surface area contributed by atoms with E-state index in [9.17, 15) is 8.42 Å². The van der Waals surface area contributed by atoms with Crippen LogP contribution >= 0.6 is 0 Å². The van der Waals surface area contributed by atoms with Gasteiger partial charge in [-0.25, -0.2) is 4.18 Å². The van der Waals surface area contributed by atoms with E-state index in [0.29, 0.717) is 6.61 Å². The van der Waals surface area contributed by atoms with Gasteiger partial charge in [0.2, 0.25) is 0 Å². The molecule has 0 saturated heterocycles. The van der Waals surface area contributed by atoms with Crippen LogP contribution in [0, 0.1) is 0 Å². The van der Waals surface area contributed by atoms with Crippen LogP contribution in [-0.4, -0.2) is 32.8 Å². The molecule has 0 aliphatic carbocycles. The van der Waals surface area contributed by atoms with Gasteiger partial charge in [0.15, 0.2) is 0 Å². The Hall–Kier alpha value is -0.170. The van der Waals surface area contributed by atoms with Gasteiger partial charge in [-0.1, -0.05) is 58.3 Å². The summed E-state index contributed by atoms with van der Waals surface area (Å²) >= 11 is 0. The Morgan fingerprint density at radius 1 is 0.789 bits per heavy atom. The topological polar surface area (TPSA) is 72.8 Å². The predicted molar refractivity (Wildman–Crippen MR) is 75.5 cm³/mol. The molecule has 0 aliphatic rings. The van der Waals surface area contributed by atoms with Crippen LogP contribution < -0.4 is 0 Å². The summed E-state index contributed by atoms with van der Waals surface area (Å²) in [5.41, 5.74) is 0. The molecule has 0 aromatic carbocycles. The van der Waals surface area contributed by atoms with Gasteiger partial charge >= 0.3 is 10.4 Å². The van der Waals surface area contributed by atoms with Crippen LogP contribution in [0.25, 0.3) is 0 Å². The fourth-order valence-corrected chi connectivity index (χ4v) is 2.09. The van der Waals surface area contributed by atoms with Gasteiger partial charge in [0.1, 0.15) is 0 Å². The molecule has 6 heteroatoms. The molecule has 19 heavy (non-hydrogen) atoms. The first-order chi connectivity index (χ1) is 9.06. The molecule has 0 aliphatic heterocycles. The minimum absolute atomic E-state index is 0.129. The fraction of sp³-hybridized carbons (Fsp3) is 1.00. The van der Waals surface area contributed by atoms with Crippen molar-refractivity contribution in [2.75, 3.05) is 19.8 Å². The van der Waals surface area contributed by atoms with E-state index >= 15 is 0 Å². The van der Waals surface area contributed by atoms with Crippen LogP contribution in [0.4, 0.5) is 0 Å². The second kappa shape index (κ2) is 12.8. The molecule has 0 heterocycles. The van der Waals surface area contributed by atoms with E-state index in [-0.39, 0.29) is 13.2 Å². The van der Waals surface area contributed by atoms with Crippen molar-refractivity contribution in [3.63, 3.8) is 0 Å². The SMILES string of the molecule is CCCCCCCCCCCOCCOS(=O)(=O)O. The van der Waals surface area contributed by atoms with Crippen molar-refractivity contribution in [3.05, 3.63) is 0 Å². The lowest BCUT2D eigenvalue weighted by molar-refractivity contribution is 0.0945. The second-order valence-electron chi connectivity index (χ2n) is 4.69. The third-order valence-electron chi connectivity index (χ3n) is 2.85. The van der Waals surface area contributed by atoms with Crippen LogP contribution in [0.2, 0.25) is 0 Å². The maximum atomic E-state index is 10.2. The lowest BCUT2D eigenvalue weighted by Gasteiger charge is -2.04. The molecule has 1 N–H and O–H groups in total. The van der Waals surface area contributed by atoms with E-state index < -0.39 is 10.4 Å². The zero-order valence-electron chi connectivity index (χ0n) is 12.0. The van der Waals surface area contributed by atoms with Crippen molar-refractivity contribution in [2.45, 2.75) is 64.7 Å². The summed E-state index contributed by atoms with van der Waals surface area (Å²) in [5, 5.41) is 0. The number of unbranched alkanes of at least 4 members (excludes halogenated alkanes) is 8. The Morgan fingerprint density at radius 3 is 1.84 bits per heavy atom. The monoisotopic (exact) mass is 296 g/mol. The van der Waals surface area contributed by atoms with Gasteiger partial charge in [0.05, 0.1) is 13.2 Å². The molecule has 116 valence electrons. The van der Waals surface area contributed by atoms with E-state index in [1.165, 1.54) is 44.9 Å². The van der Waals surface area contributed by atoms with Gasteiger partial charge in [-0.05, 0) is 6.42 Å². The lowest BCUT2D eigenvalue weighted by Crippen LogP contribution is -2.10. The molecule has 0 unspecified atom stereocenters. The van der Waals surface area contributed by atoms with Crippen molar-refractivity contribution in [1.29, 1.82) is 0 Å². The number of hydrogen-bond acceptors (Lipinski definition) is 4. The Morgan fingerprint density at radius 2 is 1.32 bits per heavy atom. The Labute approximate surface area is 117 Å². The van der Waals surface area contributed by atoms with Gasteiger partial charge < -0.3 is 4.74 Å². The first kappa shape index (κ1) is 18.8. The molecule has 0 rings (SSSR count). The minimum atomic E-state index is -4.32. The van der Waals surface area contributed by atoms with Gasteiger partial charge in [-0.2, -0.15) is 8.42 Å². The van der Waals surface area contributed by atoms with Crippen LogP contribution in [-0.2, 0) is 19.3 Å². The molecule has 0 spiro atoms. The van der Waals surface area contributed by atoms with E-state index in [2.05, 4.69) is 11.1 Å². The first-order valence-corrected chi connectivity index (χ1v) is 8.62. The number of hydrogen-bond donors (Lipinski definition) is 1. The van der Waals surface area contributed by atoms with E-state index in [1.54, 1.807) is 0 Å². The van der Waals surface area contributed by atoms with Crippen molar-refractivity contribution >= 4 is 10.4 Å². The Bertz CT molecular complexity index is 277. The van der Waals surface area contributed by atoms with Crippen molar-refractivity contribution in [3.8, 4) is 0 Å². The van der Waals surface area contributed by atoms with Gasteiger partial charge in [0, 0.05) is 6.61 Å². The number of rotatable bonds is 14. The molecule has 0 amide bonds. The summed E-state index contributed by atoms with van der Waals surface area (Å²) in [7, 11) is -4.32. The van der Waals surface area contributed by atoms with Gasteiger partial charge in [-0.3, -0.25) is 4.55 Å². The van der Waals surface area contributed by atoms with Crippen molar-refractivity contribution in [1.82, 2.24) is 0 Å². The molecule has 0 atom stereocenters. The molecular formula is C13H28O5S. The number of ether oxygens (including phenoxy) is 1. The van der Waals surface area contributed by atoms with Crippen LogP contribution in [0.15, 0.2) is 0 Å². The minimum Gasteiger partial charge on any atom is -0.379 e. The van der Waals surface area contributed by atoms with E-state index in [0.717, 1.165) is 12.8 Å². The smallest absolute Gasteiger partial charge is 0.379 e. The summed E-state index contributed by atoms with van der Waals surface area (Å²) in [6.45, 7) is 2.90. The normalized spacial score (nSPS) is 11.9. The zero-order valence-corrected chi connectivity index (χ0v) is 12.8. The molecule has 0 fully saturated rings. The summed E-state index contributed by atoms with van der Waals surface area (Å²) in [5.74, 6) is 0. The third kappa shape index (κ3) is 17.8. The van der Waals surface area contributed by atoms with Gasteiger partial charge in [0.25, 0.3) is 0 Å². The molecular weight excluding hydrogens is 268 g/mol. The highest BCUT2D eigenvalue weighted by atomic mass is 32.3. The molecule has 0 aromatic rings. The predicted octanol–water partition coefficient (Wildman–Crippen LogP) is 3.35. The fourth-order valence-electron chi connectivity index (χ4n) is 1.82. The summed E-state index contributed by atoms with van der Waals surface area (Å²) in [6.07, 6.45) is 11.3. The Balaban J connectivity index is 3.03. The highest BCUT2D eigenvalue weighted by Gasteiger charge is 2.02. The zero-order chi connectivity index (χ0) is 14.4. The molecule has 0 aromatic heterocycles. The van der Waals surface area contributed by atoms with Crippen molar-refractivity contribution < 1.29 is 21.9 Å². The van der Waals surface area contributed by atoms with Gasteiger partial charge in [-0.15, -0.1) is 0 Å². The highest BCUT2D eigenvalue weighted by molar-refractivity contribution is 7.80. The van der Waals surface area contributed by atoms with Crippen LogP contribution in [0.1, 0.15) is 64.7 Å². The highest BCUT2D eigenvalue weighted by Crippen LogP contribution is 2.09. The lowest BCUT2D eigenvalue weighted by atomic mass is 10.1. The van der Waals surface area contributed by atoms with E-state index in [1.807, 2.05) is 0 Å². The quantitative estimate of drug-likeness (QED) is 0.393. The summed E-state index contributed by atoms with van der Waals surface area (Å²) in [6, 6.07) is 0. The maximum absolute atomic E-state index is 10.2. The molecule has 0 bridgehead atoms. The first-order valence-electron chi connectivity index (χ1n) is 7.26. The Kier molecular flexibility index (Phi) is 12.7.